The van der Waals surface area contributed by atoms with Crippen LogP contribution in [0.4, 0.5) is 0 Å². The molecule has 0 aromatic heterocycles. The third-order valence-electron chi connectivity index (χ3n) is 1.76. The molecule has 0 spiro atoms. The van der Waals surface area contributed by atoms with E-state index in [9.17, 15) is 14.9 Å². The van der Waals surface area contributed by atoms with E-state index in [2.05, 4.69) is 4.84 Å². The molecule has 6 heteroatoms. The fraction of sp³-hybridized carbons (Fsp3) is 0.222. The largest absolute Gasteiger partial charge is 0.478 e. The standard InChI is InChI=1S/C9H9NO5/c11-9(12)8-3-1-2-7(6-8)4-5-15-10(13)14/h1-3,6H,4-5H2,(H,11,12). The van der Waals surface area contributed by atoms with Gasteiger partial charge in [0, 0.05) is 0 Å². The van der Waals surface area contributed by atoms with Crippen LogP contribution in [-0.4, -0.2) is 22.8 Å². The Kier molecular flexibility index (Phi) is 3.61. The second kappa shape index (κ2) is 4.94. The highest BCUT2D eigenvalue weighted by Gasteiger charge is 2.03. The van der Waals surface area contributed by atoms with Gasteiger partial charge in [-0.1, -0.05) is 12.1 Å². The first-order chi connectivity index (χ1) is 7.09. The van der Waals surface area contributed by atoms with Gasteiger partial charge in [-0.25, -0.2) is 4.79 Å². The van der Waals surface area contributed by atoms with Crippen molar-refractivity contribution in [1.82, 2.24) is 0 Å². The first-order valence-corrected chi connectivity index (χ1v) is 4.19. The third-order valence-corrected chi connectivity index (χ3v) is 1.76. The fourth-order valence-corrected chi connectivity index (χ4v) is 1.10. The average molecular weight is 211 g/mol. The van der Waals surface area contributed by atoms with Gasteiger partial charge < -0.3 is 9.94 Å². The number of hydrogen-bond acceptors (Lipinski definition) is 4. The SMILES string of the molecule is O=C(O)c1cccc(CCO[N+](=O)[O-])c1. The molecule has 0 fully saturated rings. The van der Waals surface area contributed by atoms with E-state index in [0.717, 1.165) is 0 Å². The monoisotopic (exact) mass is 211 g/mol. The van der Waals surface area contributed by atoms with Crippen molar-refractivity contribution in [3.63, 3.8) is 0 Å². The zero-order valence-corrected chi connectivity index (χ0v) is 7.75. The number of carboxylic acid groups (broad SMARTS) is 1. The molecule has 0 aliphatic carbocycles. The van der Waals surface area contributed by atoms with E-state index in [4.69, 9.17) is 5.11 Å². The summed E-state index contributed by atoms with van der Waals surface area (Å²) in [5.74, 6) is -1.02. The van der Waals surface area contributed by atoms with Gasteiger partial charge in [0.05, 0.1) is 5.56 Å². The molecule has 0 saturated carbocycles. The Balaban J connectivity index is 2.58. The Hall–Kier alpha value is -2.11. The van der Waals surface area contributed by atoms with Crippen molar-refractivity contribution < 1.29 is 19.8 Å². The van der Waals surface area contributed by atoms with Gasteiger partial charge in [0.25, 0.3) is 5.09 Å². The summed E-state index contributed by atoms with van der Waals surface area (Å²) >= 11 is 0. The minimum absolute atomic E-state index is 0.0733. The summed E-state index contributed by atoms with van der Waals surface area (Å²) in [5.41, 5.74) is 0.852. The number of rotatable bonds is 5. The number of aromatic carboxylic acids is 1. The van der Waals surface area contributed by atoms with Crippen LogP contribution in [0.1, 0.15) is 15.9 Å². The smallest absolute Gasteiger partial charge is 0.335 e. The quantitative estimate of drug-likeness (QED) is 0.582. The highest BCUT2D eigenvalue weighted by atomic mass is 16.9. The van der Waals surface area contributed by atoms with Gasteiger partial charge in [-0.05, 0) is 24.1 Å². The van der Waals surface area contributed by atoms with Crippen LogP contribution in [0.3, 0.4) is 0 Å². The van der Waals surface area contributed by atoms with Crippen LogP contribution in [0.2, 0.25) is 0 Å². The molecular formula is C9H9NO5. The van der Waals surface area contributed by atoms with Crippen molar-refractivity contribution in [2.24, 2.45) is 0 Å². The molecule has 0 radical (unpaired) electrons. The number of benzene rings is 1. The molecule has 0 saturated heterocycles. The van der Waals surface area contributed by atoms with E-state index < -0.39 is 11.1 Å². The molecule has 1 rings (SSSR count). The van der Waals surface area contributed by atoms with Crippen molar-refractivity contribution in [3.05, 3.63) is 45.5 Å². The summed E-state index contributed by atoms with van der Waals surface area (Å²) in [6.07, 6.45) is 0.308. The average Bonchev–Trinajstić information content (AvgIpc) is 2.17. The van der Waals surface area contributed by atoms with Crippen molar-refractivity contribution in [2.45, 2.75) is 6.42 Å². The molecule has 0 aliphatic heterocycles. The van der Waals surface area contributed by atoms with Gasteiger partial charge in [-0.15, -0.1) is 10.1 Å². The van der Waals surface area contributed by atoms with Crippen molar-refractivity contribution in [3.8, 4) is 0 Å². The molecule has 15 heavy (non-hydrogen) atoms. The third kappa shape index (κ3) is 3.63. The number of hydrogen-bond donors (Lipinski definition) is 1. The van der Waals surface area contributed by atoms with E-state index in [1.165, 1.54) is 12.1 Å². The van der Waals surface area contributed by atoms with Gasteiger partial charge in [-0.3, -0.25) is 0 Å². The molecule has 0 heterocycles. The van der Waals surface area contributed by atoms with Gasteiger partial charge in [0.2, 0.25) is 0 Å². The Bertz CT molecular complexity index is 377. The molecule has 0 unspecified atom stereocenters. The Morgan fingerprint density at radius 1 is 1.53 bits per heavy atom. The molecule has 0 atom stereocenters. The van der Waals surface area contributed by atoms with Gasteiger partial charge in [0.15, 0.2) is 0 Å². The minimum Gasteiger partial charge on any atom is -0.478 e. The summed E-state index contributed by atoms with van der Waals surface area (Å²) in [5, 5.41) is 17.7. The van der Waals surface area contributed by atoms with E-state index in [-0.39, 0.29) is 12.2 Å². The highest BCUT2D eigenvalue weighted by Crippen LogP contribution is 2.06. The number of carboxylic acids is 1. The lowest BCUT2D eigenvalue weighted by Crippen LogP contribution is -2.05. The normalized spacial score (nSPS) is 9.60. The van der Waals surface area contributed by atoms with Crippen molar-refractivity contribution >= 4 is 5.97 Å². The summed E-state index contributed by atoms with van der Waals surface area (Å²) < 4.78 is 0. The van der Waals surface area contributed by atoms with E-state index >= 15 is 0 Å². The second-order valence-electron chi connectivity index (χ2n) is 2.81. The van der Waals surface area contributed by atoms with Crippen LogP contribution < -0.4 is 0 Å². The molecule has 0 aliphatic rings. The lowest BCUT2D eigenvalue weighted by atomic mass is 10.1. The summed E-state index contributed by atoms with van der Waals surface area (Å²) in [4.78, 5) is 24.6. The van der Waals surface area contributed by atoms with Gasteiger partial charge in [-0.2, -0.15) is 0 Å². The predicted molar refractivity (Wildman–Crippen MR) is 50.1 cm³/mol. The van der Waals surface area contributed by atoms with Crippen LogP contribution >= 0.6 is 0 Å². The molecule has 80 valence electrons. The Morgan fingerprint density at radius 3 is 2.87 bits per heavy atom. The van der Waals surface area contributed by atoms with Crippen LogP contribution in [0.25, 0.3) is 0 Å². The maximum Gasteiger partial charge on any atom is 0.335 e. The zero-order chi connectivity index (χ0) is 11.3. The number of nitrogens with zero attached hydrogens (tertiary/aromatic N) is 1. The zero-order valence-electron chi connectivity index (χ0n) is 7.75. The minimum atomic E-state index is -1.02. The molecule has 1 aromatic carbocycles. The second-order valence-corrected chi connectivity index (χ2v) is 2.81. The lowest BCUT2D eigenvalue weighted by molar-refractivity contribution is -0.757. The van der Waals surface area contributed by atoms with Crippen molar-refractivity contribution in [2.75, 3.05) is 6.61 Å². The first-order valence-electron chi connectivity index (χ1n) is 4.19. The Morgan fingerprint density at radius 2 is 2.27 bits per heavy atom. The van der Waals surface area contributed by atoms with E-state index in [0.29, 0.717) is 12.0 Å². The summed E-state index contributed by atoms with van der Waals surface area (Å²) in [6.45, 7) is -0.0733. The van der Waals surface area contributed by atoms with Gasteiger partial charge >= 0.3 is 5.97 Å². The van der Waals surface area contributed by atoms with Gasteiger partial charge in [0.1, 0.15) is 6.61 Å². The van der Waals surface area contributed by atoms with Crippen LogP contribution in [0.15, 0.2) is 24.3 Å². The maximum absolute atomic E-state index is 10.6. The highest BCUT2D eigenvalue weighted by molar-refractivity contribution is 5.87. The Labute approximate surface area is 85.2 Å². The maximum atomic E-state index is 10.6. The van der Waals surface area contributed by atoms with Crippen LogP contribution in [-0.2, 0) is 11.3 Å². The molecule has 1 N–H and O–H groups in total. The lowest BCUT2D eigenvalue weighted by Gasteiger charge is -2.01. The van der Waals surface area contributed by atoms with E-state index in [1.54, 1.807) is 12.1 Å². The summed E-state index contributed by atoms with van der Waals surface area (Å²) in [7, 11) is 0. The topological polar surface area (TPSA) is 89.7 Å². The number of carbonyl (C=O) groups is 1. The predicted octanol–water partition coefficient (Wildman–Crippen LogP) is 1.14. The molecular weight excluding hydrogens is 202 g/mol. The molecule has 0 amide bonds. The molecule has 6 nitrogen and oxygen atoms in total. The van der Waals surface area contributed by atoms with E-state index in [1.807, 2.05) is 0 Å². The van der Waals surface area contributed by atoms with Crippen LogP contribution in [0.5, 0.6) is 0 Å². The fourth-order valence-electron chi connectivity index (χ4n) is 1.10. The summed E-state index contributed by atoms with van der Waals surface area (Å²) in [6, 6.07) is 6.20. The molecule has 1 aromatic rings. The molecule has 0 bridgehead atoms. The van der Waals surface area contributed by atoms with Crippen LogP contribution in [0, 0.1) is 10.1 Å². The van der Waals surface area contributed by atoms with Crippen molar-refractivity contribution in [1.29, 1.82) is 0 Å². The first kappa shape index (κ1) is 11.0.